The van der Waals surface area contributed by atoms with Crippen molar-refractivity contribution < 1.29 is 4.74 Å². The number of aromatic nitrogens is 3. The Morgan fingerprint density at radius 2 is 2.23 bits per heavy atom. The highest BCUT2D eigenvalue weighted by Gasteiger charge is 1.99. The second-order valence-corrected chi connectivity index (χ2v) is 3.17. The van der Waals surface area contributed by atoms with E-state index in [1.165, 1.54) is 6.33 Å². The maximum atomic E-state index is 5.37. The van der Waals surface area contributed by atoms with E-state index in [2.05, 4.69) is 28.8 Å². The number of ether oxygens (including phenoxy) is 1. The van der Waals surface area contributed by atoms with Crippen molar-refractivity contribution in [1.29, 1.82) is 0 Å². The lowest BCUT2D eigenvalue weighted by Crippen LogP contribution is -2.06. The highest BCUT2D eigenvalue weighted by Crippen LogP contribution is 1.98. The lowest BCUT2D eigenvalue weighted by atomic mass is 10.2. The molecule has 0 amide bonds. The molecule has 0 spiro atoms. The molecule has 72 valence electrons. The van der Waals surface area contributed by atoms with Crippen molar-refractivity contribution in [2.24, 2.45) is 5.92 Å². The monoisotopic (exact) mass is 182 g/mol. The quantitative estimate of drug-likeness (QED) is 0.739. The predicted octanol–water partition coefficient (Wildman–Crippen LogP) is 0.626. The summed E-state index contributed by atoms with van der Waals surface area (Å²) in [5, 5.41) is 0. The van der Waals surface area contributed by atoms with Crippen LogP contribution < -0.4 is 5.73 Å². The fourth-order valence-corrected chi connectivity index (χ4v) is 0.800. The molecule has 0 unspecified atom stereocenters. The minimum absolute atomic E-state index is 0.234. The molecule has 1 heterocycles. The van der Waals surface area contributed by atoms with Crippen LogP contribution in [0.25, 0.3) is 0 Å². The second-order valence-electron chi connectivity index (χ2n) is 3.17. The van der Waals surface area contributed by atoms with E-state index in [1.54, 1.807) is 0 Å². The van der Waals surface area contributed by atoms with Crippen molar-refractivity contribution in [2.75, 3.05) is 12.3 Å². The van der Waals surface area contributed by atoms with Gasteiger partial charge in [0.15, 0.2) is 5.82 Å². The molecule has 1 rings (SSSR count). The number of nitrogens with two attached hydrogens (primary N) is 1. The summed E-state index contributed by atoms with van der Waals surface area (Å²) in [6.07, 6.45) is 1.39. The van der Waals surface area contributed by atoms with E-state index in [4.69, 9.17) is 10.5 Å². The van der Waals surface area contributed by atoms with Crippen LogP contribution in [0.2, 0.25) is 0 Å². The Morgan fingerprint density at radius 1 is 1.46 bits per heavy atom. The third kappa shape index (κ3) is 3.80. The van der Waals surface area contributed by atoms with Crippen LogP contribution in [0.4, 0.5) is 5.95 Å². The van der Waals surface area contributed by atoms with Crippen LogP contribution in [0, 0.1) is 5.92 Å². The number of hydrogen-bond donors (Lipinski definition) is 1. The third-order valence-corrected chi connectivity index (χ3v) is 1.32. The fourth-order valence-electron chi connectivity index (χ4n) is 0.800. The van der Waals surface area contributed by atoms with Gasteiger partial charge in [-0.2, -0.15) is 4.98 Å². The molecule has 0 saturated carbocycles. The molecule has 0 aromatic carbocycles. The van der Waals surface area contributed by atoms with Gasteiger partial charge in [0.2, 0.25) is 5.95 Å². The zero-order valence-corrected chi connectivity index (χ0v) is 7.90. The molecule has 1 aromatic heterocycles. The number of anilines is 1. The molecule has 0 aliphatic carbocycles. The predicted molar refractivity (Wildman–Crippen MR) is 48.7 cm³/mol. The van der Waals surface area contributed by atoms with Crippen LogP contribution >= 0.6 is 0 Å². The van der Waals surface area contributed by atoms with Gasteiger partial charge in [0.1, 0.15) is 12.9 Å². The minimum Gasteiger partial charge on any atom is -0.373 e. The molecule has 0 bridgehead atoms. The summed E-state index contributed by atoms with van der Waals surface area (Å²) >= 11 is 0. The first kappa shape index (κ1) is 9.85. The molecule has 1 aromatic rings. The topological polar surface area (TPSA) is 73.9 Å². The Morgan fingerprint density at radius 3 is 2.85 bits per heavy atom. The maximum absolute atomic E-state index is 5.37. The van der Waals surface area contributed by atoms with E-state index in [9.17, 15) is 0 Å². The third-order valence-electron chi connectivity index (χ3n) is 1.32. The normalized spacial score (nSPS) is 10.7. The summed E-state index contributed by atoms with van der Waals surface area (Å²) in [5.41, 5.74) is 5.37. The van der Waals surface area contributed by atoms with Crippen molar-refractivity contribution in [3.8, 4) is 0 Å². The first-order chi connectivity index (χ1) is 6.18. The van der Waals surface area contributed by atoms with Crippen molar-refractivity contribution in [3.05, 3.63) is 12.2 Å². The van der Waals surface area contributed by atoms with Crippen LogP contribution in [-0.2, 0) is 11.3 Å². The number of nitrogens with zero attached hydrogens (tertiary/aromatic N) is 3. The minimum atomic E-state index is 0.234. The summed E-state index contributed by atoms with van der Waals surface area (Å²) in [4.78, 5) is 11.5. The van der Waals surface area contributed by atoms with Gasteiger partial charge >= 0.3 is 0 Å². The van der Waals surface area contributed by atoms with Gasteiger partial charge in [-0.05, 0) is 5.92 Å². The molecule has 2 N–H and O–H groups in total. The van der Waals surface area contributed by atoms with Crippen LogP contribution in [-0.4, -0.2) is 21.6 Å². The van der Waals surface area contributed by atoms with Crippen molar-refractivity contribution in [2.45, 2.75) is 20.5 Å². The molecule has 5 heteroatoms. The average molecular weight is 182 g/mol. The van der Waals surface area contributed by atoms with E-state index in [0.717, 1.165) is 0 Å². The Balaban J connectivity index is 2.37. The first-order valence-electron chi connectivity index (χ1n) is 4.19. The molecule has 0 aliphatic rings. The first-order valence-corrected chi connectivity index (χ1v) is 4.19. The summed E-state index contributed by atoms with van der Waals surface area (Å²) in [7, 11) is 0. The van der Waals surface area contributed by atoms with E-state index in [1.807, 2.05) is 0 Å². The Labute approximate surface area is 77.4 Å². The number of nitrogen functional groups attached to an aromatic ring is 1. The Kier molecular flexibility index (Phi) is 3.57. The highest BCUT2D eigenvalue weighted by molar-refractivity contribution is 5.11. The highest BCUT2D eigenvalue weighted by atomic mass is 16.5. The molecular formula is C8H14N4O. The lowest BCUT2D eigenvalue weighted by molar-refractivity contribution is 0.0922. The van der Waals surface area contributed by atoms with Gasteiger partial charge in [0.25, 0.3) is 0 Å². The molecular weight excluding hydrogens is 168 g/mol. The zero-order valence-electron chi connectivity index (χ0n) is 7.90. The summed E-state index contributed by atoms with van der Waals surface area (Å²) in [6.45, 7) is 5.26. The van der Waals surface area contributed by atoms with Gasteiger partial charge < -0.3 is 10.5 Å². The maximum Gasteiger partial charge on any atom is 0.223 e. The van der Waals surface area contributed by atoms with E-state index < -0.39 is 0 Å². The largest absolute Gasteiger partial charge is 0.373 e. The van der Waals surface area contributed by atoms with Crippen LogP contribution in [0.15, 0.2) is 6.33 Å². The van der Waals surface area contributed by atoms with Crippen LogP contribution in [0.1, 0.15) is 19.7 Å². The lowest BCUT2D eigenvalue weighted by Gasteiger charge is -2.05. The number of hydrogen-bond acceptors (Lipinski definition) is 5. The zero-order chi connectivity index (χ0) is 9.68. The van der Waals surface area contributed by atoms with Crippen LogP contribution in [0.5, 0.6) is 0 Å². The van der Waals surface area contributed by atoms with Gasteiger partial charge in [0, 0.05) is 6.61 Å². The van der Waals surface area contributed by atoms with E-state index >= 15 is 0 Å². The molecule has 0 fully saturated rings. The van der Waals surface area contributed by atoms with Gasteiger partial charge in [-0.25, -0.2) is 9.97 Å². The fraction of sp³-hybridized carbons (Fsp3) is 0.625. The standard InChI is InChI=1S/C8H14N4O/c1-6(2)3-13-4-7-10-5-11-8(9)12-7/h5-6H,3-4H2,1-2H3,(H2,9,10,11,12). The summed E-state index contributed by atoms with van der Waals surface area (Å²) < 4.78 is 5.33. The van der Waals surface area contributed by atoms with Crippen LogP contribution in [0.3, 0.4) is 0 Å². The summed E-state index contributed by atoms with van der Waals surface area (Å²) in [5.74, 6) is 1.32. The number of rotatable bonds is 4. The van der Waals surface area contributed by atoms with Crippen molar-refractivity contribution >= 4 is 5.95 Å². The molecule has 0 saturated heterocycles. The molecule has 0 radical (unpaired) electrons. The molecule has 0 aliphatic heterocycles. The SMILES string of the molecule is CC(C)COCc1ncnc(N)n1. The Bertz CT molecular complexity index is 264. The smallest absolute Gasteiger partial charge is 0.223 e. The van der Waals surface area contributed by atoms with Gasteiger partial charge in [-0.1, -0.05) is 13.8 Å². The van der Waals surface area contributed by atoms with Gasteiger partial charge in [-0.3, -0.25) is 0 Å². The average Bonchev–Trinajstić information content (AvgIpc) is 2.03. The van der Waals surface area contributed by atoms with Gasteiger partial charge in [0.05, 0.1) is 0 Å². The van der Waals surface area contributed by atoms with Crippen molar-refractivity contribution in [1.82, 2.24) is 15.0 Å². The Hall–Kier alpha value is -1.23. The van der Waals surface area contributed by atoms with Gasteiger partial charge in [-0.15, -0.1) is 0 Å². The molecule has 13 heavy (non-hydrogen) atoms. The van der Waals surface area contributed by atoms with E-state index in [0.29, 0.717) is 25.0 Å². The van der Waals surface area contributed by atoms with E-state index in [-0.39, 0.29) is 5.95 Å². The van der Waals surface area contributed by atoms with Crippen molar-refractivity contribution in [3.63, 3.8) is 0 Å². The second kappa shape index (κ2) is 4.71. The molecule has 0 atom stereocenters. The summed E-state index contributed by atoms with van der Waals surface area (Å²) in [6, 6.07) is 0. The molecule has 5 nitrogen and oxygen atoms in total.